The van der Waals surface area contributed by atoms with Crippen molar-refractivity contribution in [2.75, 3.05) is 0 Å². The molecule has 6 nitrogen and oxygen atoms in total. The maximum Gasteiger partial charge on any atom is 0.271 e. The van der Waals surface area contributed by atoms with Gasteiger partial charge in [-0.25, -0.2) is 0 Å². The number of halogens is 2. The van der Waals surface area contributed by atoms with E-state index in [0.29, 0.717) is 5.02 Å². The summed E-state index contributed by atoms with van der Waals surface area (Å²) in [6.45, 7) is 1.37. The SMILES string of the molecule is CC(=O)N[C@H](CC(=O)NNC(=O)c1cc(Cl)ccc1Cl)c1ccccc1. The zero-order valence-corrected chi connectivity index (χ0v) is 15.4. The minimum atomic E-state index is -0.596. The van der Waals surface area contributed by atoms with E-state index in [2.05, 4.69) is 16.2 Å². The lowest BCUT2D eigenvalue weighted by molar-refractivity contribution is -0.123. The fourth-order valence-electron chi connectivity index (χ4n) is 2.28. The highest BCUT2D eigenvalue weighted by Crippen LogP contribution is 2.20. The first-order valence-electron chi connectivity index (χ1n) is 7.73. The van der Waals surface area contributed by atoms with Crippen LogP contribution in [-0.2, 0) is 9.59 Å². The number of rotatable bonds is 5. The van der Waals surface area contributed by atoms with Gasteiger partial charge in [0.15, 0.2) is 0 Å². The molecule has 0 radical (unpaired) electrons. The number of hydrazine groups is 1. The summed E-state index contributed by atoms with van der Waals surface area (Å²) in [5.74, 6) is -1.33. The van der Waals surface area contributed by atoms with Crippen molar-refractivity contribution in [1.29, 1.82) is 0 Å². The average molecular weight is 394 g/mol. The van der Waals surface area contributed by atoms with E-state index in [-0.39, 0.29) is 22.9 Å². The van der Waals surface area contributed by atoms with Crippen LogP contribution in [-0.4, -0.2) is 17.7 Å². The van der Waals surface area contributed by atoms with Crippen LogP contribution in [0.1, 0.15) is 35.3 Å². The third kappa shape index (κ3) is 5.75. The van der Waals surface area contributed by atoms with Crippen molar-refractivity contribution in [3.05, 3.63) is 69.7 Å². The standard InChI is InChI=1S/C18H17Cl2N3O3/c1-11(24)21-16(12-5-3-2-4-6-12)10-17(25)22-23-18(26)14-9-13(19)7-8-15(14)20/h2-9,16H,10H2,1H3,(H,21,24)(H,22,25)(H,23,26)/t16-/m1/s1. The fraction of sp³-hybridized carbons (Fsp3) is 0.167. The van der Waals surface area contributed by atoms with Crippen molar-refractivity contribution in [2.24, 2.45) is 0 Å². The zero-order valence-electron chi connectivity index (χ0n) is 13.9. The van der Waals surface area contributed by atoms with Gasteiger partial charge in [0.05, 0.1) is 23.0 Å². The Morgan fingerprint density at radius 2 is 1.69 bits per heavy atom. The second kappa shape index (κ2) is 9.22. The molecule has 2 rings (SSSR count). The van der Waals surface area contributed by atoms with Crippen LogP contribution in [0, 0.1) is 0 Å². The molecule has 0 fully saturated rings. The fourth-order valence-corrected chi connectivity index (χ4v) is 2.66. The minimum Gasteiger partial charge on any atom is -0.349 e. The van der Waals surface area contributed by atoms with Gasteiger partial charge in [0.2, 0.25) is 11.8 Å². The first-order valence-corrected chi connectivity index (χ1v) is 8.48. The van der Waals surface area contributed by atoms with E-state index >= 15 is 0 Å². The molecular weight excluding hydrogens is 377 g/mol. The van der Waals surface area contributed by atoms with E-state index in [4.69, 9.17) is 23.2 Å². The number of benzene rings is 2. The zero-order chi connectivity index (χ0) is 19.1. The van der Waals surface area contributed by atoms with E-state index in [0.717, 1.165) is 5.56 Å². The molecule has 8 heteroatoms. The van der Waals surface area contributed by atoms with Crippen molar-refractivity contribution in [2.45, 2.75) is 19.4 Å². The molecule has 0 unspecified atom stereocenters. The monoisotopic (exact) mass is 393 g/mol. The van der Waals surface area contributed by atoms with Gasteiger partial charge in [-0.05, 0) is 23.8 Å². The highest BCUT2D eigenvalue weighted by Gasteiger charge is 2.18. The molecule has 2 aromatic carbocycles. The largest absolute Gasteiger partial charge is 0.349 e. The average Bonchev–Trinajstić information content (AvgIpc) is 2.61. The Morgan fingerprint density at radius 3 is 2.35 bits per heavy atom. The maximum absolute atomic E-state index is 12.2. The molecule has 26 heavy (non-hydrogen) atoms. The van der Waals surface area contributed by atoms with Crippen LogP contribution in [0.15, 0.2) is 48.5 Å². The highest BCUT2D eigenvalue weighted by molar-refractivity contribution is 6.35. The Hall–Kier alpha value is -2.57. The van der Waals surface area contributed by atoms with Gasteiger partial charge in [-0.1, -0.05) is 53.5 Å². The molecule has 1 atom stereocenters. The number of nitrogens with one attached hydrogen (secondary N) is 3. The first kappa shape index (κ1) is 19.8. The molecule has 0 aromatic heterocycles. The predicted octanol–water partition coefficient (Wildman–Crippen LogP) is 3.02. The molecule has 0 heterocycles. The van der Waals surface area contributed by atoms with Crippen LogP contribution >= 0.6 is 23.2 Å². The van der Waals surface area contributed by atoms with E-state index in [1.807, 2.05) is 18.2 Å². The molecule has 3 N–H and O–H groups in total. The molecule has 136 valence electrons. The van der Waals surface area contributed by atoms with Gasteiger partial charge in [0.25, 0.3) is 5.91 Å². The number of carbonyl (C=O) groups excluding carboxylic acids is 3. The Balaban J connectivity index is 1.98. The smallest absolute Gasteiger partial charge is 0.271 e. The lowest BCUT2D eigenvalue weighted by Crippen LogP contribution is -2.43. The van der Waals surface area contributed by atoms with Crippen molar-refractivity contribution in [3.8, 4) is 0 Å². The molecular formula is C18H17Cl2N3O3. The van der Waals surface area contributed by atoms with Crippen LogP contribution in [0.4, 0.5) is 0 Å². The van der Waals surface area contributed by atoms with E-state index in [9.17, 15) is 14.4 Å². The van der Waals surface area contributed by atoms with Crippen molar-refractivity contribution < 1.29 is 14.4 Å². The normalized spacial score (nSPS) is 11.3. The third-order valence-electron chi connectivity index (χ3n) is 3.46. The summed E-state index contributed by atoms with van der Waals surface area (Å²) >= 11 is 11.8. The van der Waals surface area contributed by atoms with Gasteiger partial charge in [-0.3, -0.25) is 25.2 Å². The second-order valence-corrected chi connectivity index (χ2v) is 6.34. The number of amides is 3. The molecule has 3 amide bonds. The van der Waals surface area contributed by atoms with E-state index < -0.39 is 17.9 Å². The van der Waals surface area contributed by atoms with Gasteiger partial charge >= 0.3 is 0 Å². The quantitative estimate of drug-likeness (QED) is 0.682. The van der Waals surface area contributed by atoms with Crippen molar-refractivity contribution in [3.63, 3.8) is 0 Å². The molecule has 2 aromatic rings. The Labute approximate surface area is 160 Å². The lowest BCUT2D eigenvalue weighted by Gasteiger charge is -2.18. The van der Waals surface area contributed by atoms with Crippen molar-refractivity contribution in [1.82, 2.24) is 16.2 Å². The number of hydrogen-bond donors (Lipinski definition) is 3. The summed E-state index contributed by atoms with van der Waals surface area (Å²) in [6, 6.07) is 13.0. The summed E-state index contributed by atoms with van der Waals surface area (Å²) in [5, 5.41) is 3.27. The Bertz CT molecular complexity index is 813. The minimum absolute atomic E-state index is 0.0485. The van der Waals surface area contributed by atoms with Gasteiger partial charge in [-0.15, -0.1) is 0 Å². The molecule has 0 saturated carbocycles. The van der Waals surface area contributed by atoms with Crippen LogP contribution < -0.4 is 16.2 Å². The van der Waals surface area contributed by atoms with Gasteiger partial charge in [0, 0.05) is 11.9 Å². The molecule has 0 aliphatic rings. The molecule has 0 aliphatic heterocycles. The van der Waals surface area contributed by atoms with Crippen molar-refractivity contribution >= 4 is 40.9 Å². The van der Waals surface area contributed by atoms with E-state index in [1.165, 1.54) is 19.1 Å². The highest BCUT2D eigenvalue weighted by atomic mass is 35.5. The van der Waals surface area contributed by atoms with Crippen LogP contribution in [0.25, 0.3) is 0 Å². The summed E-state index contributed by atoms with van der Waals surface area (Å²) in [7, 11) is 0. The van der Waals surface area contributed by atoms with Gasteiger partial charge in [0.1, 0.15) is 0 Å². The lowest BCUT2D eigenvalue weighted by atomic mass is 10.0. The molecule has 0 aliphatic carbocycles. The topological polar surface area (TPSA) is 87.3 Å². The van der Waals surface area contributed by atoms with Gasteiger partial charge in [-0.2, -0.15) is 0 Å². The molecule has 0 bridgehead atoms. The predicted molar refractivity (Wildman–Crippen MR) is 99.7 cm³/mol. The summed E-state index contributed by atoms with van der Waals surface area (Å²) < 4.78 is 0. The second-order valence-electron chi connectivity index (χ2n) is 5.49. The number of carbonyl (C=O) groups is 3. The summed E-state index contributed by atoms with van der Waals surface area (Å²) in [4.78, 5) is 35.7. The number of hydrogen-bond acceptors (Lipinski definition) is 3. The Morgan fingerprint density at radius 1 is 1.00 bits per heavy atom. The maximum atomic E-state index is 12.2. The molecule has 0 spiro atoms. The molecule has 0 saturated heterocycles. The van der Waals surface area contributed by atoms with E-state index in [1.54, 1.807) is 18.2 Å². The third-order valence-corrected chi connectivity index (χ3v) is 4.02. The Kier molecular flexibility index (Phi) is 7.00. The van der Waals surface area contributed by atoms with Gasteiger partial charge < -0.3 is 5.32 Å². The summed E-state index contributed by atoms with van der Waals surface area (Å²) in [5.41, 5.74) is 5.51. The first-order chi connectivity index (χ1) is 12.4. The van der Waals surface area contributed by atoms with Crippen LogP contribution in [0.2, 0.25) is 10.0 Å². The summed E-state index contributed by atoms with van der Waals surface area (Å²) in [6.07, 6.45) is -0.0485. The van der Waals surface area contributed by atoms with Crippen LogP contribution in [0.5, 0.6) is 0 Å². The van der Waals surface area contributed by atoms with Crippen LogP contribution in [0.3, 0.4) is 0 Å².